The molecule has 17 heavy (non-hydrogen) atoms. The zero-order valence-corrected chi connectivity index (χ0v) is 10.0. The first-order chi connectivity index (χ1) is 8.34. The summed E-state index contributed by atoms with van der Waals surface area (Å²) in [5, 5.41) is 0.0161. The lowest BCUT2D eigenvalue weighted by atomic mass is 10.0. The van der Waals surface area contributed by atoms with Crippen molar-refractivity contribution in [1.29, 1.82) is 0 Å². The molecule has 0 bridgehead atoms. The Morgan fingerprint density at radius 2 is 2.00 bits per heavy atom. The summed E-state index contributed by atoms with van der Waals surface area (Å²) < 4.78 is 0. The van der Waals surface area contributed by atoms with Crippen LogP contribution in [0.4, 0.5) is 0 Å². The van der Waals surface area contributed by atoms with Gasteiger partial charge in [0.1, 0.15) is 0 Å². The molecule has 0 aliphatic carbocycles. The molecule has 3 rings (SSSR count). The number of thioether (sulfide) groups is 1. The minimum absolute atomic E-state index is 0.0161. The molecular weight excluding hydrogens is 228 g/mol. The molecule has 1 aromatic rings. The Morgan fingerprint density at radius 3 is 2.82 bits per heavy atom. The van der Waals surface area contributed by atoms with Gasteiger partial charge in [0.05, 0.1) is 11.1 Å². The lowest BCUT2D eigenvalue weighted by Gasteiger charge is -2.07. The van der Waals surface area contributed by atoms with Crippen molar-refractivity contribution in [3.05, 3.63) is 64.7 Å². The van der Waals surface area contributed by atoms with Crippen molar-refractivity contribution < 1.29 is 0 Å². The van der Waals surface area contributed by atoms with E-state index in [4.69, 9.17) is 5.73 Å². The second-order valence-corrected chi connectivity index (χ2v) is 5.07. The van der Waals surface area contributed by atoms with Crippen molar-refractivity contribution in [3.63, 3.8) is 0 Å². The second kappa shape index (κ2) is 4.35. The Kier molecular flexibility index (Phi) is 2.71. The van der Waals surface area contributed by atoms with Crippen LogP contribution in [-0.4, -0.2) is 11.6 Å². The topological polar surface area (TPSA) is 38.4 Å². The molecule has 2 heterocycles. The zero-order chi connectivity index (χ0) is 11.7. The van der Waals surface area contributed by atoms with Gasteiger partial charge in [-0.05, 0) is 23.3 Å². The van der Waals surface area contributed by atoms with Crippen molar-refractivity contribution in [2.45, 2.75) is 5.37 Å². The largest absolute Gasteiger partial charge is 0.316 e. The molecule has 2 nitrogen and oxygen atoms in total. The number of rotatable bonds is 1. The lowest BCUT2D eigenvalue weighted by Crippen LogP contribution is -2.07. The number of hydrogen-bond acceptors (Lipinski definition) is 3. The van der Waals surface area contributed by atoms with Crippen molar-refractivity contribution in [2.24, 2.45) is 10.7 Å². The third kappa shape index (κ3) is 1.99. The Labute approximate surface area is 105 Å². The predicted molar refractivity (Wildman–Crippen MR) is 74.6 cm³/mol. The summed E-state index contributed by atoms with van der Waals surface area (Å²) in [7, 11) is 0. The van der Waals surface area contributed by atoms with Crippen molar-refractivity contribution >= 4 is 23.5 Å². The van der Waals surface area contributed by atoms with E-state index in [2.05, 4.69) is 23.2 Å². The standard InChI is InChI=1S/C14H12N2S/c15-13-9-12-14(17-13)11(7-4-8-16-12)10-5-2-1-3-6-10/h1-9,13H,15H2. The van der Waals surface area contributed by atoms with Crippen LogP contribution in [0.25, 0.3) is 5.57 Å². The van der Waals surface area contributed by atoms with Crippen LogP contribution >= 0.6 is 11.8 Å². The summed E-state index contributed by atoms with van der Waals surface area (Å²) in [5.74, 6) is 0. The van der Waals surface area contributed by atoms with E-state index >= 15 is 0 Å². The minimum atomic E-state index is 0.0161. The molecule has 1 aromatic carbocycles. The van der Waals surface area contributed by atoms with E-state index in [1.54, 1.807) is 11.8 Å². The summed E-state index contributed by atoms with van der Waals surface area (Å²) in [6.07, 6.45) is 7.90. The van der Waals surface area contributed by atoms with Gasteiger partial charge < -0.3 is 5.73 Å². The molecule has 0 spiro atoms. The maximum atomic E-state index is 5.94. The molecule has 2 N–H and O–H groups in total. The third-order valence-electron chi connectivity index (χ3n) is 2.70. The Balaban J connectivity index is 2.15. The monoisotopic (exact) mass is 240 g/mol. The van der Waals surface area contributed by atoms with Crippen molar-refractivity contribution in [2.75, 3.05) is 0 Å². The minimum Gasteiger partial charge on any atom is -0.316 e. The zero-order valence-electron chi connectivity index (χ0n) is 9.21. The summed E-state index contributed by atoms with van der Waals surface area (Å²) in [6, 6.07) is 10.3. The van der Waals surface area contributed by atoms with Crippen LogP contribution in [0, 0.1) is 0 Å². The second-order valence-electron chi connectivity index (χ2n) is 3.88. The molecule has 3 heteroatoms. The third-order valence-corrected chi connectivity index (χ3v) is 3.77. The van der Waals surface area contributed by atoms with Crippen LogP contribution in [0.1, 0.15) is 5.56 Å². The van der Waals surface area contributed by atoms with Gasteiger partial charge in [0.15, 0.2) is 0 Å². The van der Waals surface area contributed by atoms with Gasteiger partial charge in [-0.3, -0.25) is 4.99 Å². The van der Waals surface area contributed by atoms with Crippen LogP contribution in [0.15, 0.2) is 64.2 Å². The average molecular weight is 240 g/mol. The number of allylic oxidation sites excluding steroid dienone is 3. The normalized spacial score (nSPS) is 22.4. The Bertz CT molecular complexity index is 553. The first kappa shape index (κ1) is 10.6. The SMILES string of the molecule is NC1C=C2N=CC=CC(c3ccccc3)=C2S1. The van der Waals surface area contributed by atoms with E-state index < -0.39 is 0 Å². The number of fused-ring (bicyclic) bond motifs is 1. The highest BCUT2D eigenvalue weighted by Gasteiger charge is 2.22. The van der Waals surface area contributed by atoms with Crippen molar-refractivity contribution in [3.8, 4) is 0 Å². The molecule has 0 aromatic heterocycles. The van der Waals surface area contributed by atoms with Crippen LogP contribution in [0.2, 0.25) is 0 Å². The highest BCUT2D eigenvalue weighted by atomic mass is 32.2. The molecular formula is C14H12N2S. The molecule has 0 saturated carbocycles. The molecule has 0 fully saturated rings. The molecule has 2 aliphatic heterocycles. The van der Waals surface area contributed by atoms with Gasteiger partial charge in [-0.15, -0.1) is 11.8 Å². The summed E-state index contributed by atoms with van der Waals surface area (Å²) in [5.41, 5.74) is 9.34. The first-order valence-electron chi connectivity index (χ1n) is 5.49. The van der Waals surface area contributed by atoms with Crippen LogP contribution in [0.3, 0.4) is 0 Å². The van der Waals surface area contributed by atoms with E-state index in [1.165, 1.54) is 16.0 Å². The molecule has 0 radical (unpaired) electrons. The smallest absolute Gasteiger partial charge is 0.0766 e. The molecule has 84 valence electrons. The molecule has 2 aliphatic rings. The van der Waals surface area contributed by atoms with Gasteiger partial charge in [0.2, 0.25) is 0 Å². The quantitative estimate of drug-likeness (QED) is 0.819. The number of nitrogens with two attached hydrogens (primary N) is 1. The van der Waals surface area contributed by atoms with Crippen LogP contribution in [0.5, 0.6) is 0 Å². The molecule has 0 amide bonds. The van der Waals surface area contributed by atoms with Gasteiger partial charge in [-0.1, -0.05) is 36.4 Å². The summed E-state index contributed by atoms with van der Waals surface area (Å²) in [4.78, 5) is 5.58. The van der Waals surface area contributed by atoms with E-state index in [0.29, 0.717) is 0 Å². The number of hydrogen-bond donors (Lipinski definition) is 1. The highest BCUT2D eigenvalue weighted by Crippen LogP contribution is 2.41. The van der Waals surface area contributed by atoms with E-state index in [1.807, 2.05) is 36.6 Å². The van der Waals surface area contributed by atoms with E-state index in [9.17, 15) is 0 Å². The maximum absolute atomic E-state index is 5.94. The number of nitrogens with zero attached hydrogens (tertiary/aromatic N) is 1. The first-order valence-corrected chi connectivity index (χ1v) is 6.37. The van der Waals surface area contributed by atoms with Crippen LogP contribution < -0.4 is 5.73 Å². The molecule has 1 atom stereocenters. The van der Waals surface area contributed by atoms with Gasteiger partial charge in [0, 0.05) is 11.1 Å². The van der Waals surface area contributed by atoms with Crippen molar-refractivity contribution in [1.82, 2.24) is 0 Å². The fourth-order valence-electron chi connectivity index (χ4n) is 1.95. The fourth-order valence-corrected chi connectivity index (χ4v) is 2.97. The molecule has 1 unspecified atom stereocenters. The highest BCUT2D eigenvalue weighted by molar-refractivity contribution is 8.04. The lowest BCUT2D eigenvalue weighted by molar-refractivity contribution is 1.16. The van der Waals surface area contributed by atoms with E-state index in [-0.39, 0.29) is 5.37 Å². The van der Waals surface area contributed by atoms with Gasteiger partial charge in [0.25, 0.3) is 0 Å². The number of benzene rings is 1. The van der Waals surface area contributed by atoms with Gasteiger partial charge in [-0.25, -0.2) is 0 Å². The Hall–Kier alpha value is -1.58. The van der Waals surface area contributed by atoms with Gasteiger partial charge in [-0.2, -0.15) is 0 Å². The van der Waals surface area contributed by atoms with Crippen LogP contribution in [-0.2, 0) is 0 Å². The summed E-state index contributed by atoms with van der Waals surface area (Å²) in [6.45, 7) is 0. The maximum Gasteiger partial charge on any atom is 0.0766 e. The van der Waals surface area contributed by atoms with E-state index in [0.717, 1.165) is 5.70 Å². The predicted octanol–water partition coefficient (Wildman–Crippen LogP) is 2.95. The number of aliphatic imine (C=N–C) groups is 1. The molecule has 0 saturated heterocycles. The summed E-state index contributed by atoms with van der Waals surface area (Å²) >= 11 is 1.67. The van der Waals surface area contributed by atoms with Gasteiger partial charge >= 0.3 is 0 Å². The fraction of sp³-hybridized carbons (Fsp3) is 0.0714. The average Bonchev–Trinajstić information content (AvgIpc) is 2.61. The Morgan fingerprint density at radius 1 is 1.18 bits per heavy atom.